The van der Waals surface area contributed by atoms with E-state index >= 15 is 0 Å². The van der Waals surface area contributed by atoms with Gasteiger partial charge in [0.25, 0.3) is 0 Å². The van der Waals surface area contributed by atoms with Crippen molar-refractivity contribution in [3.05, 3.63) is 52.6 Å². The second-order valence-electron chi connectivity index (χ2n) is 6.55. The molecule has 3 heterocycles. The Morgan fingerprint density at radius 2 is 2.04 bits per heavy atom. The average Bonchev–Trinajstić information content (AvgIpc) is 3.40. The number of fused-ring (bicyclic) bond motifs is 1. The number of anilines is 1. The van der Waals surface area contributed by atoms with Crippen LogP contribution in [0.4, 0.5) is 5.13 Å². The van der Waals surface area contributed by atoms with Crippen LogP contribution in [0.15, 0.2) is 41.9 Å². The molecular formula is C20H21N5OS2. The monoisotopic (exact) mass is 411 g/mol. The number of aryl methyl sites for hydroxylation is 1. The minimum atomic E-state index is -0.0917. The van der Waals surface area contributed by atoms with E-state index in [-0.39, 0.29) is 12.3 Å². The molecule has 0 bridgehead atoms. The normalized spacial score (nSPS) is 11.2. The maximum absolute atomic E-state index is 12.5. The molecule has 4 rings (SSSR count). The highest BCUT2D eigenvalue weighted by Gasteiger charge is 2.14. The number of rotatable bonds is 8. The topological polar surface area (TPSA) is 72.2 Å². The molecule has 0 aliphatic heterocycles. The maximum Gasteiger partial charge on any atom is 0.232 e. The number of nitrogens with zero attached hydrogens (tertiary/aromatic N) is 4. The summed E-state index contributed by atoms with van der Waals surface area (Å²) in [4.78, 5) is 18.0. The zero-order chi connectivity index (χ0) is 19.3. The van der Waals surface area contributed by atoms with Gasteiger partial charge in [-0.25, -0.2) is 4.98 Å². The highest BCUT2D eigenvalue weighted by atomic mass is 32.1. The summed E-state index contributed by atoms with van der Waals surface area (Å²) in [5, 5.41) is 14.6. The fraction of sp³-hybridized carbons (Fsp3) is 0.300. The van der Waals surface area contributed by atoms with Crippen molar-refractivity contribution in [2.75, 3.05) is 5.32 Å². The Morgan fingerprint density at radius 3 is 2.86 bits per heavy atom. The van der Waals surface area contributed by atoms with Crippen molar-refractivity contribution in [3.63, 3.8) is 0 Å². The molecule has 1 amide bonds. The van der Waals surface area contributed by atoms with Crippen molar-refractivity contribution < 1.29 is 4.79 Å². The van der Waals surface area contributed by atoms with Gasteiger partial charge in [-0.3, -0.25) is 9.20 Å². The third-order valence-corrected chi connectivity index (χ3v) is 6.19. The minimum Gasteiger partial charge on any atom is -0.300 e. The molecule has 6 nitrogen and oxygen atoms in total. The summed E-state index contributed by atoms with van der Waals surface area (Å²) in [5.41, 5.74) is 2.90. The van der Waals surface area contributed by atoms with Crippen molar-refractivity contribution in [1.82, 2.24) is 19.6 Å². The number of unbranched alkanes of at least 4 members (excludes halogenated alkanes) is 2. The van der Waals surface area contributed by atoms with Gasteiger partial charge < -0.3 is 5.32 Å². The molecule has 1 N–H and O–H groups in total. The van der Waals surface area contributed by atoms with E-state index in [9.17, 15) is 4.79 Å². The lowest BCUT2D eigenvalue weighted by atomic mass is 10.2. The van der Waals surface area contributed by atoms with Crippen LogP contribution in [0.3, 0.4) is 0 Å². The van der Waals surface area contributed by atoms with Crippen molar-refractivity contribution in [2.24, 2.45) is 0 Å². The Bertz CT molecular complexity index is 1070. The van der Waals surface area contributed by atoms with E-state index < -0.39 is 0 Å². The Kier molecular flexibility index (Phi) is 5.78. The third-order valence-electron chi connectivity index (χ3n) is 4.40. The number of nitrogens with one attached hydrogen (secondary N) is 1. The smallest absolute Gasteiger partial charge is 0.232 e. The van der Waals surface area contributed by atoms with Crippen LogP contribution < -0.4 is 5.32 Å². The number of hydrogen-bond acceptors (Lipinski definition) is 6. The van der Waals surface area contributed by atoms with Crippen LogP contribution in [0, 0.1) is 0 Å². The van der Waals surface area contributed by atoms with Crippen LogP contribution in [0.1, 0.15) is 36.9 Å². The molecule has 8 heteroatoms. The van der Waals surface area contributed by atoms with Gasteiger partial charge in [-0.1, -0.05) is 61.4 Å². The lowest BCUT2D eigenvalue weighted by Crippen LogP contribution is -2.15. The van der Waals surface area contributed by atoms with E-state index in [0.29, 0.717) is 5.13 Å². The Balaban J connectivity index is 1.42. The predicted octanol–water partition coefficient (Wildman–Crippen LogP) is 4.83. The third kappa shape index (κ3) is 4.28. The number of benzene rings is 1. The molecule has 3 aromatic heterocycles. The first kappa shape index (κ1) is 18.8. The van der Waals surface area contributed by atoms with E-state index in [2.05, 4.69) is 27.4 Å². The number of carbonyl (C=O) groups excluding carboxylic acids is 1. The van der Waals surface area contributed by atoms with E-state index in [1.54, 1.807) is 0 Å². The number of carbonyl (C=O) groups is 1. The molecule has 0 saturated carbocycles. The first-order valence-corrected chi connectivity index (χ1v) is 11.1. The molecule has 0 aliphatic carbocycles. The van der Waals surface area contributed by atoms with Crippen LogP contribution in [0.25, 0.3) is 16.2 Å². The zero-order valence-corrected chi connectivity index (χ0v) is 17.2. The number of imidazole rings is 1. The van der Waals surface area contributed by atoms with Crippen LogP contribution in [-0.4, -0.2) is 25.5 Å². The summed E-state index contributed by atoms with van der Waals surface area (Å²) in [5.74, 6) is -0.0917. The summed E-state index contributed by atoms with van der Waals surface area (Å²) < 4.78 is 1.99. The van der Waals surface area contributed by atoms with Gasteiger partial charge in [-0.05, 0) is 6.42 Å². The predicted molar refractivity (Wildman–Crippen MR) is 114 cm³/mol. The van der Waals surface area contributed by atoms with Crippen LogP contribution in [0.5, 0.6) is 0 Å². The van der Waals surface area contributed by atoms with E-state index in [0.717, 1.165) is 39.8 Å². The average molecular weight is 412 g/mol. The Hall–Kier alpha value is -2.58. The summed E-state index contributed by atoms with van der Waals surface area (Å²) in [6, 6.07) is 10.0. The van der Waals surface area contributed by atoms with Crippen molar-refractivity contribution in [3.8, 4) is 11.3 Å². The molecule has 0 aliphatic rings. The molecular weight excluding hydrogens is 390 g/mol. The lowest BCUT2D eigenvalue weighted by molar-refractivity contribution is -0.115. The Morgan fingerprint density at radius 1 is 1.18 bits per heavy atom. The zero-order valence-electron chi connectivity index (χ0n) is 15.6. The summed E-state index contributed by atoms with van der Waals surface area (Å²) in [6.07, 6.45) is 6.65. The number of amides is 1. The van der Waals surface area contributed by atoms with Crippen LogP contribution >= 0.6 is 22.7 Å². The molecule has 4 aromatic rings. The quantitative estimate of drug-likeness (QED) is 0.422. The van der Waals surface area contributed by atoms with E-state index in [1.165, 1.54) is 35.5 Å². The summed E-state index contributed by atoms with van der Waals surface area (Å²) in [6.45, 7) is 2.18. The SMILES string of the molecule is CCCCCc1nnc(NC(=O)Cc2csc3nc(-c4ccccc4)cn23)s1. The molecule has 0 atom stereocenters. The molecule has 144 valence electrons. The van der Waals surface area contributed by atoms with Crippen LogP contribution in [0.2, 0.25) is 0 Å². The Labute approximate surface area is 171 Å². The van der Waals surface area contributed by atoms with Gasteiger partial charge in [0.05, 0.1) is 12.1 Å². The van der Waals surface area contributed by atoms with Gasteiger partial charge in [0.15, 0.2) is 4.96 Å². The van der Waals surface area contributed by atoms with Gasteiger partial charge in [0.2, 0.25) is 11.0 Å². The van der Waals surface area contributed by atoms with Gasteiger partial charge in [0, 0.05) is 29.3 Å². The number of hydrogen-bond donors (Lipinski definition) is 1. The minimum absolute atomic E-state index is 0.0917. The first-order chi connectivity index (χ1) is 13.7. The largest absolute Gasteiger partial charge is 0.300 e. The van der Waals surface area contributed by atoms with E-state index in [1.807, 2.05) is 46.3 Å². The molecule has 1 aromatic carbocycles. The van der Waals surface area contributed by atoms with Gasteiger partial charge in [0.1, 0.15) is 5.01 Å². The highest BCUT2D eigenvalue weighted by Crippen LogP contribution is 2.24. The lowest BCUT2D eigenvalue weighted by Gasteiger charge is -2.00. The molecule has 0 spiro atoms. The summed E-state index contributed by atoms with van der Waals surface area (Å²) >= 11 is 3.00. The summed E-state index contributed by atoms with van der Waals surface area (Å²) in [7, 11) is 0. The maximum atomic E-state index is 12.5. The standard InChI is InChI=1S/C20H21N5OS2/c1-2-3-5-10-18-23-24-19(28-18)22-17(26)11-15-13-27-20-21-16(12-25(15)20)14-8-6-4-7-9-14/h4,6-9,12-13H,2-3,5,10-11H2,1H3,(H,22,24,26). The van der Waals surface area contributed by atoms with Crippen molar-refractivity contribution in [1.29, 1.82) is 0 Å². The fourth-order valence-electron chi connectivity index (χ4n) is 2.96. The number of aromatic nitrogens is 4. The van der Waals surface area contributed by atoms with Gasteiger partial charge >= 0.3 is 0 Å². The van der Waals surface area contributed by atoms with Gasteiger partial charge in [-0.2, -0.15) is 0 Å². The molecule has 28 heavy (non-hydrogen) atoms. The molecule has 0 saturated heterocycles. The second-order valence-corrected chi connectivity index (χ2v) is 8.45. The molecule has 0 fully saturated rings. The van der Waals surface area contributed by atoms with Crippen LogP contribution in [-0.2, 0) is 17.6 Å². The van der Waals surface area contributed by atoms with Crippen molar-refractivity contribution >= 4 is 38.7 Å². The number of thiazole rings is 1. The molecule has 0 radical (unpaired) electrons. The second kappa shape index (κ2) is 8.62. The molecule has 0 unspecified atom stereocenters. The van der Waals surface area contributed by atoms with Gasteiger partial charge in [-0.15, -0.1) is 21.5 Å². The highest BCUT2D eigenvalue weighted by molar-refractivity contribution is 7.15. The fourth-order valence-corrected chi connectivity index (χ4v) is 4.63. The first-order valence-electron chi connectivity index (χ1n) is 9.36. The van der Waals surface area contributed by atoms with Crippen molar-refractivity contribution in [2.45, 2.75) is 39.0 Å². The van der Waals surface area contributed by atoms with E-state index in [4.69, 9.17) is 0 Å².